The van der Waals surface area contributed by atoms with Gasteiger partial charge in [-0.1, -0.05) is 30.4 Å². The van der Waals surface area contributed by atoms with Crippen LogP contribution in [-0.2, 0) is 0 Å². The van der Waals surface area contributed by atoms with Gasteiger partial charge in [-0.25, -0.2) is 0 Å². The predicted octanol–water partition coefficient (Wildman–Crippen LogP) is 4.47. The third-order valence-electron chi connectivity index (χ3n) is 2.48. The average molecular weight is 258 g/mol. The van der Waals surface area contributed by atoms with E-state index in [0.717, 1.165) is 29.6 Å². The Bertz CT molecular complexity index is 508. The van der Waals surface area contributed by atoms with E-state index in [9.17, 15) is 0 Å². The number of benzene rings is 1. The summed E-state index contributed by atoms with van der Waals surface area (Å²) in [6.07, 6.45) is 3.72. The quantitative estimate of drug-likeness (QED) is 0.561. The second-order valence-corrected chi connectivity index (χ2v) is 4.64. The molecular formula is C15H16NOS+. The molecule has 2 aromatic rings. The Labute approximate surface area is 112 Å². The maximum atomic E-state index is 5.89. The van der Waals surface area contributed by atoms with Gasteiger partial charge >= 0.3 is 11.0 Å². The summed E-state index contributed by atoms with van der Waals surface area (Å²) in [4.78, 5) is 2.09. The molecule has 1 aromatic heterocycles. The highest BCUT2D eigenvalue weighted by Gasteiger charge is 2.23. The van der Waals surface area contributed by atoms with Gasteiger partial charge in [0, 0.05) is 13.1 Å². The lowest BCUT2D eigenvalue weighted by molar-refractivity contribution is 0.576. The topological polar surface area (TPSA) is 14.5 Å². The molecule has 2 nitrogen and oxygen atoms in total. The van der Waals surface area contributed by atoms with Crippen molar-refractivity contribution in [3.63, 3.8) is 0 Å². The summed E-state index contributed by atoms with van der Waals surface area (Å²) < 4.78 is 5.89. The molecule has 18 heavy (non-hydrogen) atoms. The summed E-state index contributed by atoms with van der Waals surface area (Å²) >= 11 is 1.60. The Morgan fingerprint density at radius 2 is 1.78 bits per heavy atom. The molecule has 0 N–H and O–H groups in total. The van der Waals surface area contributed by atoms with Crippen LogP contribution in [0.4, 0.5) is 5.20 Å². The van der Waals surface area contributed by atoms with Crippen LogP contribution in [0.25, 0.3) is 11.3 Å². The highest BCUT2D eigenvalue weighted by atomic mass is 32.1. The van der Waals surface area contributed by atoms with Crippen LogP contribution in [0.3, 0.4) is 0 Å². The molecule has 3 heteroatoms. The number of anilines is 1. The number of hydrogen-bond donors (Lipinski definition) is 0. The van der Waals surface area contributed by atoms with E-state index in [4.69, 9.17) is 4.42 Å². The van der Waals surface area contributed by atoms with E-state index in [1.807, 2.05) is 47.9 Å². The molecule has 0 spiro atoms. The van der Waals surface area contributed by atoms with Crippen LogP contribution in [-0.4, -0.2) is 13.1 Å². The van der Waals surface area contributed by atoms with Gasteiger partial charge in [-0.3, -0.25) is 4.90 Å². The highest BCUT2D eigenvalue weighted by Crippen LogP contribution is 2.31. The van der Waals surface area contributed by atoms with Gasteiger partial charge in [0.05, 0.1) is 5.56 Å². The van der Waals surface area contributed by atoms with Gasteiger partial charge in [0.2, 0.25) is 0 Å². The van der Waals surface area contributed by atoms with Crippen molar-refractivity contribution in [2.75, 3.05) is 18.0 Å². The molecule has 0 radical (unpaired) electrons. The Balaban J connectivity index is 2.23. The molecule has 0 aliphatic rings. The van der Waals surface area contributed by atoms with Crippen molar-refractivity contribution in [1.82, 2.24) is 0 Å². The van der Waals surface area contributed by atoms with Gasteiger partial charge in [-0.15, -0.1) is 13.2 Å². The summed E-state index contributed by atoms with van der Waals surface area (Å²) in [5, 5.41) is 2.91. The largest absolute Gasteiger partial charge is 0.491 e. The average Bonchev–Trinajstić information content (AvgIpc) is 2.89. The van der Waals surface area contributed by atoms with Crippen molar-refractivity contribution in [3.05, 3.63) is 61.0 Å². The zero-order chi connectivity index (χ0) is 12.8. The second-order valence-electron chi connectivity index (χ2n) is 3.82. The molecule has 2 rings (SSSR count). The van der Waals surface area contributed by atoms with Crippen molar-refractivity contribution in [3.8, 4) is 11.3 Å². The first-order valence-electron chi connectivity index (χ1n) is 5.79. The molecule has 0 saturated heterocycles. The Morgan fingerprint density at radius 1 is 1.11 bits per heavy atom. The fourth-order valence-corrected chi connectivity index (χ4v) is 2.48. The molecule has 0 fully saturated rings. The van der Waals surface area contributed by atoms with Crippen LogP contribution < -0.4 is 4.90 Å². The van der Waals surface area contributed by atoms with Crippen LogP contribution in [0, 0.1) is 0 Å². The Morgan fingerprint density at radius 3 is 2.39 bits per heavy atom. The lowest BCUT2D eigenvalue weighted by Crippen LogP contribution is -2.21. The lowest BCUT2D eigenvalue weighted by Gasteiger charge is -2.09. The normalized spacial score (nSPS) is 10.0. The molecule has 0 aliphatic carbocycles. The zero-order valence-corrected chi connectivity index (χ0v) is 11.0. The molecule has 0 aliphatic heterocycles. The van der Waals surface area contributed by atoms with Gasteiger partial charge in [-0.05, 0) is 23.5 Å². The minimum atomic E-state index is 0.754. The van der Waals surface area contributed by atoms with Crippen LogP contribution >= 0.6 is 11.3 Å². The van der Waals surface area contributed by atoms with Gasteiger partial charge in [0.1, 0.15) is 5.38 Å². The van der Waals surface area contributed by atoms with E-state index >= 15 is 0 Å². The van der Waals surface area contributed by atoms with Gasteiger partial charge in [0.25, 0.3) is 0 Å². The van der Waals surface area contributed by atoms with Crippen LogP contribution in [0.1, 0.15) is 0 Å². The maximum absolute atomic E-state index is 5.89. The lowest BCUT2D eigenvalue weighted by atomic mass is 10.2. The zero-order valence-electron chi connectivity index (χ0n) is 10.2. The van der Waals surface area contributed by atoms with Gasteiger partial charge < -0.3 is 0 Å². The SMILES string of the molecule is C=CCN(CC=C)c1[o+]c(-c2ccccc2)cs1. The number of rotatable bonds is 6. The molecule has 1 heterocycles. The highest BCUT2D eigenvalue weighted by molar-refractivity contribution is 7.13. The van der Waals surface area contributed by atoms with E-state index in [1.54, 1.807) is 11.3 Å². The summed E-state index contributed by atoms with van der Waals surface area (Å²) in [5.41, 5.74) is 1.09. The number of nitrogens with zero attached hydrogens (tertiary/aromatic N) is 1. The van der Waals surface area contributed by atoms with E-state index in [2.05, 4.69) is 18.1 Å². The summed E-state index contributed by atoms with van der Waals surface area (Å²) in [6, 6.07) is 10.1. The summed E-state index contributed by atoms with van der Waals surface area (Å²) in [5.74, 6) is 0.897. The fourth-order valence-electron chi connectivity index (χ4n) is 1.65. The van der Waals surface area contributed by atoms with Crippen molar-refractivity contribution >= 4 is 16.5 Å². The van der Waals surface area contributed by atoms with Gasteiger partial charge in [-0.2, -0.15) is 4.42 Å². The third kappa shape index (κ3) is 2.87. The number of hydrogen-bond acceptors (Lipinski definition) is 2. The minimum Gasteiger partial charge on any atom is -0.275 e. The summed E-state index contributed by atoms with van der Waals surface area (Å²) in [6.45, 7) is 9.03. The third-order valence-corrected chi connectivity index (χ3v) is 3.35. The first kappa shape index (κ1) is 12.6. The van der Waals surface area contributed by atoms with E-state index in [0.29, 0.717) is 0 Å². The van der Waals surface area contributed by atoms with E-state index < -0.39 is 0 Å². The van der Waals surface area contributed by atoms with Crippen molar-refractivity contribution in [2.45, 2.75) is 0 Å². The predicted molar refractivity (Wildman–Crippen MR) is 79.0 cm³/mol. The molecule has 0 saturated carbocycles. The smallest absolute Gasteiger partial charge is 0.275 e. The Kier molecular flexibility index (Phi) is 4.31. The van der Waals surface area contributed by atoms with Crippen LogP contribution in [0.15, 0.2) is 65.4 Å². The second kappa shape index (κ2) is 6.17. The van der Waals surface area contributed by atoms with Crippen molar-refractivity contribution < 1.29 is 4.42 Å². The molecule has 0 amide bonds. The van der Waals surface area contributed by atoms with E-state index in [1.165, 1.54) is 0 Å². The molecule has 1 aromatic carbocycles. The first-order chi connectivity index (χ1) is 8.85. The van der Waals surface area contributed by atoms with Crippen LogP contribution in [0.2, 0.25) is 0 Å². The fraction of sp³-hybridized carbons (Fsp3) is 0.133. The first-order valence-corrected chi connectivity index (χ1v) is 6.67. The van der Waals surface area contributed by atoms with Gasteiger partial charge in [0.15, 0.2) is 0 Å². The van der Waals surface area contributed by atoms with Crippen molar-refractivity contribution in [1.29, 1.82) is 0 Å². The van der Waals surface area contributed by atoms with E-state index in [-0.39, 0.29) is 0 Å². The monoisotopic (exact) mass is 258 g/mol. The standard InChI is InChI=1S/C15H16NOS/c1-3-10-16(11-4-2)15-17-14(12-18-15)13-8-6-5-7-9-13/h3-9,12H,1-2,10-11H2/q+1. The molecule has 0 bridgehead atoms. The summed E-state index contributed by atoms with van der Waals surface area (Å²) in [7, 11) is 0. The molecule has 0 unspecified atom stereocenters. The Hall–Kier alpha value is -1.87. The van der Waals surface area contributed by atoms with Crippen molar-refractivity contribution in [2.24, 2.45) is 0 Å². The molecular weight excluding hydrogens is 242 g/mol. The minimum absolute atomic E-state index is 0.754. The maximum Gasteiger partial charge on any atom is 0.491 e. The van der Waals surface area contributed by atoms with Crippen LogP contribution in [0.5, 0.6) is 0 Å². The molecule has 0 atom stereocenters. The molecule has 92 valence electrons.